The van der Waals surface area contributed by atoms with Gasteiger partial charge in [0, 0.05) is 18.0 Å². The van der Waals surface area contributed by atoms with Gasteiger partial charge >= 0.3 is 5.97 Å². The molecule has 0 fully saturated rings. The number of carbonyl (C=O) groups is 2. The third-order valence-corrected chi connectivity index (χ3v) is 3.86. The molecule has 1 atom stereocenters. The van der Waals surface area contributed by atoms with Crippen molar-refractivity contribution >= 4 is 17.6 Å². The van der Waals surface area contributed by atoms with Gasteiger partial charge in [-0.2, -0.15) is 0 Å². The van der Waals surface area contributed by atoms with Crippen LogP contribution in [0.5, 0.6) is 0 Å². The summed E-state index contributed by atoms with van der Waals surface area (Å²) in [6.45, 7) is 0. The molecule has 0 radical (unpaired) electrons. The molecule has 4 nitrogen and oxygen atoms in total. The van der Waals surface area contributed by atoms with Crippen LogP contribution in [-0.2, 0) is 16.0 Å². The van der Waals surface area contributed by atoms with Crippen LogP contribution < -0.4 is 4.90 Å². The molecule has 0 saturated carbocycles. The fourth-order valence-corrected chi connectivity index (χ4v) is 2.87. The van der Waals surface area contributed by atoms with Gasteiger partial charge in [-0.25, -0.2) is 4.79 Å². The largest absolute Gasteiger partial charge is 0.480 e. The molecule has 0 spiro atoms. The van der Waals surface area contributed by atoms with E-state index < -0.39 is 12.0 Å². The van der Waals surface area contributed by atoms with Crippen molar-refractivity contribution in [2.24, 2.45) is 5.92 Å². The van der Waals surface area contributed by atoms with E-state index in [0.717, 1.165) is 11.3 Å². The summed E-state index contributed by atoms with van der Waals surface area (Å²) in [5.74, 6) is -1.11. The van der Waals surface area contributed by atoms with Crippen LogP contribution in [0.1, 0.15) is 18.4 Å². The number of anilines is 1. The van der Waals surface area contributed by atoms with E-state index in [4.69, 9.17) is 0 Å². The molecule has 19 heavy (non-hydrogen) atoms. The Kier molecular flexibility index (Phi) is 2.85. The number of hydrogen-bond acceptors (Lipinski definition) is 2. The van der Waals surface area contributed by atoms with Gasteiger partial charge in [-0.3, -0.25) is 9.69 Å². The molecule has 1 heterocycles. The molecule has 2 aliphatic rings. The van der Waals surface area contributed by atoms with Gasteiger partial charge in [-0.1, -0.05) is 30.4 Å². The molecule has 4 heteroatoms. The maximum Gasteiger partial charge on any atom is 0.327 e. The maximum atomic E-state index is 12.5. The number of nitrogens with zero attached hydrogens (tertiary/aromatic N) is 1. The summed E-state index contributed by atoms with van der Waals surface area (Å²) in [7, 11) is 0. The van der Waals surface area contributed by atoms with Crippen molar-refractivity contribution in [3.8, 4) is 0 Å². The van der Waals surface area contributed by atoms with Gasteiger partial charge < -0.3 is 5.11 Å². The fourth-order valence-electron chi connectivity index (χ4n) is 2.87. The Labute approximate surface area is 111 Å². The Morgan fingerprint density at radius 1 is 1.16 bits per heavy atom. The summed E-state index contributed by atoms with van der Waals surface area (Å²) >= 11 is 0. The van der Waals surface area contributed by atoms with Crippen LogP contribution in [-0.4, -0.2) is 23.0 Å². The van der Waals surface area contributed by atoms with Crippen LogP contribution in [0.2, 0.25) is 0 Å². The molecule has 3 rings (SSSR count). The van der Waals surface area contributed by atoms with Crippen LogP contribution in [0.3, 0.4) is 0 Å². The number of hydrogen-bond donors (Lipinski definition) is 1. The monoisotopic (exact) mass is 257 g/mol. The lowest BCUT2D eigenvalue weighted by molar-refractivity contribution is -0.140. The second kappa shape index (κ2) is 4.53. The molecular weight excluding hydrogens is 242 g/mol. The lowest BCUT2D eigenvalue weighted by Crippen LogP contribution is -2.45. The number of rotatable bonds is 2. The van der Waals surface area contributed by atoms with Gasteiger partial charge in [-0.05, 0) is 24.5 Å². The molecular formula is C15H15NO3. The van der Waals surface area contributed by atoms with E-state index in [-0.39, 0.29) is 11.8 Å². The SMILES string of the molecule is O=C(O)C1Cc2ccccc2N1C(=O)C1CC=CC1. The average Bonchev–Trinajstić information content (AvgIpc) is 3.05. The first-order chi connectivity index (χ1) is 9.18. The summed E-state index contributed by atoms with van der Waals surface area (Å²) in [5.41, 5.74) is 1.70. The van der Waals surface area contributed by atoms with E-state index in [1.54, 1.807) is 0 Å². The predicted octanol–water partition coefficient (Wildman–Crippen LogP) is 2.00. The Balaban J connectivity index is 1.95. The molecule has 1 aromatic rings. The number of carboxylic acids is 1. The van der Waals surface area contributed by atoms with Crippen molar-refractivity contribution in [3.63, 3.8) is 0 Å². The van der Waals surface area contributed by atoms with Crippen molar-refractivity contribution in [1.82, 2.24) is 0 Å². The highest BCUT2D eigenvalue weighted by Crippen LogP contribution is 2.35. The fraction of sp³-hybridized carbons (Fsp3) is 0.333. The third kappa shape index (κ3) is 1.93. The van der Waals surface area contributed by atoms with Gasteiger partial charge in [0.25, 0.3) is 0 Å². The number of amides is 1. The lowest BCUT2D eigenvalue weighted by Gasteiger charge is -2.25. The minimum atomic E-state index is -0.935. The first-order valence-corrected chi connectivity index (χ1v) is 6.47. The number of para-hydroxylation sites is 1. The van der Waals surface area contributed by atoms with Crippen LogP contribution in [0.15, 0.2) is 36.4 Å². The van der Waals surface area contributed by atoms with E-state index in [9.17, 15) is 14.7 Å². The van der Waals surface area contributed by atoms with Gasteiger partial charge in [0.1, 0.15) is 6.04 Å². The molecule has 1 aliphatic heterocycles. The molecule has 1 amide bonds. The van der Waals surface area contributed by atoms with E-state index in [1.807, 2.05) is 36.4 Å². The molecule has 1 aliphatic carbocycles. The highest BCUT2D eigenvalue weighted by molar-refractivity contribution is 6.03. The summed E-state index contributed by atoms with van der Waals surface area (Å²) < 4.78 is 0. The minimum absolute atomic E-state index is 0.0673. The number of allylic oxidation sites excluding steroid dienone is 2. The highest BCUT2D eigenvalue weighted by atomic mass is 16.4. The zero-order valence-electron chi connectivity index (χ0n) is 10.5. The van der Waals surface area contributed by atoms with Crippen molar-refractivity contribution in [1.29, 1.82) is 0 Å². The molecule has 1 aromatic carbocycles. The normalized spacial score (nSPS) is 21.7. The Morgan fingerprint density at radius 3 is 2.53 bits per heavy atom. The molecule has 0 bridgehead atoms. The predicted molar refractivity (Wildman–Crippen MR) is 70.9 cm³/mol. The first kappa shape index (κ1) is 12.0. The van der Waals surface area contributed by atoms with Crippen molar-refractivity contribution < 1.29 is 14.7 Å². The highest BCUT2D eigenvalue weighted by Gasteiger charge is 2.40. The Hall–Kier alpha value is -2.10. The van der Waals surface area contributed by atoms with Gasteiger partial charge in [0.2, 0.25) is 5.91 Å². The number of fused-ring (bicyclic) bond motifs is 1. The molecule has 1 N–H and O–H groups in total. The van der Waals surface area contributed by atoms with E-state index in [1.165, 1.54) is 4.90 Å². The summed E-state index contributed by atoms with van der Waals surface area (Å²) in [4.78, 5) is 25.4. The van der Waals surface area contributed by atoms with Crippen LogP contribution >= 0.6 is 0 Å². The third-order valence-electron chi connectivity index (χ3n) is 3.86. The topological polar surface area (TPSA) is 57.6 Å². The van der Waals surface area contributed by atoms with E-state index in [0.29, 0.717) is 19.3 Å². The summed E-state index contributed by atoms with van der Waals surface area (Å²) in [6, 6.07) is 6.69. The standard InChI is InChI=1S/C15H15NO3/c17-14(10-5-1-2-6-10)16-12-8-4-3-7-11(12)9-13(16)15(18)19/h1-4,7-8,10,13H,5-6,9H2,(H,18,19). The lowest BCUT2D eigenvalue weighted by atomic mass is 10.0. The Bertz CT molecular complexity index is 556. The second-order valence-corrected chi connectivity index (χ2v) is 5.03. The van der Waals surface area contributed by atoms with Crippen molar-refractivity contribution in [3.05, 3.63) is 42.0 Å². The first-order valence-electron chi connectivity index (χ1n) is 6.47. The van der Waals surface area contributed by atoms with Crippen LogP contribution in [0.25, 0.3) is 0 Å². The van der Waals surface area contributed by atoms with E-state index >= 15 is 0 Å². The Morgan fingerprint density at radius 2 is 1.84 bits per heavy atom. The minimum Gasteiger partial charge on any atom is -0.480 e. The molecule has 98 valence electrons. The van der Waals surface area contributed by atoms with Gasteiger partial charge in [0.15, 0.2) is 0 Å². The van der Waals surface area contributed by atoms with Crippen molar-refractivity contribution in [2.45, 2.75) is 25.3 Å². The zero-order chi connectivity index (χ0) is 13.4. The van der Waals surface area contributed by atoms with Crippen LogP contribution in [0.4, 0.5) is 5.69 Å². The second-order valence-electron chi connectivity index (χ2n) is 5.03. The summed E-state index contributed by atoms with van der Waals surface area (Å²) in [6.07, 6.45) is 5.80. The zero-order valence-corrected chi connectivity index (χ0v) is 10.5. The van der Waals surface area contributed by atoms with Crippen LogP contribution in [0, 0.1) is 5.92 Å². The maximum absolute atomic E-state index is 12.5. The average molecular weight is 257 g/mol. The van der Waals surface area contributed by atoms with Crippen molar-refractivity contribution in [2.75, 3.05) is 4.90 Å². The number of carbonyl (C=O) groups excluding carboxylic acids is 1. The molecule has 0 saturated heterocycles. The number of benzene rings is 1. The van der Waals surface area contributed by atoms with E-state index in [2.05, 4.69) is 0 Å². The number of carboxylic acid groups (broad SMARTS) is 1. The molecule has 1 unspecified atom stereocenters. The molecule has 0 aromatic heterocycles. The van der Waals surface area contributed by atoms with Gasteiger partial charge in [-0.15, -0.1) is 0 Å². The quantitative estimate of drug-likeness (QED) is 0.824. The van der Waals surface area contributed by atoms with Gasteiger partial charge in [0.05, 0.1) is 0 Å². The summed E-state index contributed by atoms with van der Waals surface area (Å²) in [5, 5.41) is 9.34. The number of aliphatic carboxylic acids is 1. The smallest absolute Gasteiger partial charge is 0.327 e.